The van der Waals surface area contributed by atoms with Crippen LogP contribution < -0.4 is 5.32 Å². The molecule has 140 valence electrons. The van der Waals surface area contributed by atoms with E-state index in [1.165, 1.54) is 4.90 Å². The highest BCUT2D eigenvalue weighted by molar-refractivity contribution is 5.86. The number of nitrogens with one attached hydrogen (secondary N) is 1. The Kier molecular flexibility index (Phi) is 7.38. The summed E-state index contributed by atoms with van der Waals surface area (Å²) in [6.07, 6.45) is -0.367. The lowest BCUT2D eigenvalue weighted by Crippen LogP contribution is -2.50. The average molecular weight is 365 g/mol. The molecule has 1 N–H and O–H groups in total. The van der Waals surface area contributed by atoms with Gasteiger partial charge in [-0.3, -0.25) is 4.79 Å². The quantitative estimate of drug-likeness (QED) is 0.818. The van der Waals surface area contributed by atoms with Crippen LogP contribution in [-0.4, -0.2) is 36.0 Å². The number of nitrogens with zero attached hydrogens (tertiary/aromatic N) is 2. The Morgan fingerprint density at radius 1 is 1.07 bits per heavy atom. The molecule has 0 unspecified atom stereocenters. The molecule has 0 aliphatic rings. The minimum Gasteiger partial charge on any atom is -0.445 e. The van der Waals surface area contributed by atoms with Gasteiger partial charge in [0.05, 0.1) is 6.07 Å². The molecule has 2 aromatic rings. The van der Waals surface area contributed by atoms with Crippen molar-refractivity contribution in [3.05, 3.63) is 71.8 Å². The molecule has 0 saturated heterocycles. The van der Waals surface area contributed by atoms with E-state index in [2.05, 4.69) is 5.32 Å². The predicted molar refractivity (Wildman–Crippen MR) is 102 cm³/mol. The van der Waals surface area contributed by atoms with E-state index in [0.29, 0.717) is 6.42 Å². The van der Waals surface area contributed by atoms with Crippen LogP contribution in [0.4, 0.5) is 4.79 Å². The molecule has 2 atom stereocenters. The third-order valence-electron chi connectivity index (χ3n) is 4.20. The Bertz CT molecular complexity index is 787. The predicted octanol–water partition coefficient (Wildman–Crippen LogP) is 2.89. The molecule has 2 rings (SSSR count). The summed E-state index contributed by atoms with van der Waals surface area (Å²) in [4.78, 5) is 26.3. The third kappa shape index (κ3) is 6.15. The van der Waals surface area contributed by atoms with Gasteiger partial charge in [0, 0.05) is 13.5 Å². The first-order chi connectivity index (χ1) is 13.0. The van der Waals surface area contributed by atoms with E-state index in [1.807, 2.05) is 66.7 Å². The Morgan fingerprint density at radius 3 is 2.19 bits per heavy atom. The fourth-order valence-electron chi connectivity index (χ4n) is 2.48. The SMILES string of the molecule is C[C@@H](C#N)N(C)C(=O)[C@H](Cc1ccccc1)NC(=O)OCc1ccccc1. The number of rotatable bonds is 7. The van der Waals surface area contributed by atoms with Crippen LogP contribution in [0.1, 0.15) is 18.1 Å². The molecule has 0 spiro atoms. The standard InChI is InChI=1S/C21H23N3O3/c1-16(14-22)24(2)20(25)19(13-17-9-5-3-6-10-17)23-21(26)27-15-18-11-7-4-8-12-18/h3-12,16,19H,13,15H2,1-2H3,(H,23,26)/t16-,19-/m0/s1. The number of carbonyl (C=O) groups excluding carboxylic acids is 2. The molecule has 0 fully saturated rings. The summed E-state index contributed by atoms with van der Waals surface area (Å²) >= 11 is 0. The monoisotopic (exact) mass is 365 g/mol. The molecule has 0 bridgehead atoms. The lowest BCUT2D eigenvalue weighted by atomic mass is 10.0. The molecular weight excluding hydrogens is 342 g/mol. The first-order valence-electron chi connectivity index (χ1n) is 8.68. The largest absolute Gasteiger partial charge is 0.445 e. The summed E-state index contributed by atoms with van der Waals surface area (Å²) in [7, 11) is 1.55. The highest BCUT2D eigenvalue weighted by Crippen LogP contribution is 2.08. The Labute approximate surface area is 159 Å². The van der Waals surface area contributed by atoms with Crippen LogP contribution in [0.2, 0.25) is 0 Å². The molecule has 27 heavy (non-hydrogen) atoms. The number of benzene rings is 2. The zero-order valence-corrected chi connectivity index (χ0v) is 15.5. The van der Waals surface area contributed by atoms with Crippen molar-refractivity contribution < 1.29 is 14.3 Å². The van der Waals surface area contributed by atoms with Crippen molar-refractivity contribution in [1.29, 1.82) is 5.26 Å². The lowest BCUT2D eigenvalue weighted by molar-refractivity contribution is -0.132. The van der Waals surface area contributed by atoms with Gasteiger partial charge in [-0.25, -0.2) is 4.79 Å². The van der Waals surface area contributed by atoms with Crippen molar-refractivity contribution >= 4 is 12.0 Å². The summed E-state index contributed by atoms with van der Waals surface area (Å²) < 4.78 is 5.23. The first-order valence-corrected chi connectivity index (χ1v) is 8.68. The Hall–Kier alpha value is -3.33. The van der Waals surface area contributed by atoms with E-state index in [-0.39, 0.29) is 12.5 Å². The van der Waals surface area contributed by atoms with E-state index >= 15 is 0 Å². The molecule has 0 aliphatic heterocycles. The van der Waals surface area contributed by atoms with Gasteiger partial charge >= 0.3 is 6.09 Å². The summed E-state index contributed by atoms with van der Waals surface area (Å²) in [6.45, 7) is 1.74. The van der Waals surface area contributed by atoms with Gasteiger partial charge in [-0.05, 0) is 18.1 Å². The Morgan fingerprint density at radius 2 is 1.63 bits per heavy atom. The van der Waals surface area contributed by atoms with E-state index in [1.54, 1.807) is 14.0 Å². The number of nitriles is 1. The number of likely N-dealkylation sites (N-methyl/N-ethyl adjacent to an activating group) is 1. The maximum atomic E-state index is 12.8. The summed E-state index contributed by atoms with van der Waals surface area (Å²) in [5, 5.41) is 11.7. The van der Waals surface area contributed by atoms with Crippen molar-refractivity contribution in [2.75, 3.05) is 7.05 Å². The van der Waals surface area contributed by atoms with E-state index in [4.69, 9.17) is 10.00 Å². The van der Waals surface area contributed by atoms with Gasteiger partial charge in [-0.1, -0.05) is 60.7 Å². The van der Waals surface area contributed by atoms with Crippen LogP contribution in [0.3, 0.4) is 0 Å². The molecule has 0 aromatic heterocycles. The lowest BCUT2D eigenvalue weighted by Gasteiger charge is -2.26. The minimum atomic E-state index is -0.823. The maximum Gasteiger partial charge on any atom is 0.408 e. The first kappa shape index (κ1) is 20.0. The number of alkyl carbamates (subject to hydrolysis) is 1. The number of amides is 2. The van der Waals surface area contributed by atoms with Crippen molar-refractivity contribution in [1.82, 2.24) is 10.2 Å². The molecule has 2 amide bonds. The average Bonchev–Trinajstić information content (AvgIpc) is 2.71. The minimum absolute atomic E-state index is 0.114. The molecule has 2 aromatic carbocycles. The summed E-state index contributed by atoms with van der Waals surface area (Å²) in [6, 6.07) is 19.3. The number of ether oxygens (including phenoxy) is 1. The zero-order chi connectivity index (χ0) is 19.6. The van der Waals surface area contributed by atoms with Gasteiger partial charge in [0.2, 0.25) is 5.91 Å². The van der Waals surface area contributed by atoms with Crippen molar-refractivity contribution in [3.63, 3.8) is 0 Å². The van der Waals surface area contributed by atoms with Crippen molar-refractivity contribution in [2.45, 2.75) is 32.0 Å². The molecular formula is C21H23N3O3. The van der Waals surface area contributed by atoms with Crippen molar-refractivity contribution in [2.24, 2.45) is 0 Å². The van der Waals surface area contributed by atoms with Crippen LogP contribution in [-0.2, 0) is 22.6 Å². The number of carbonyl (C=O) groups is 2. The third-order valence-corrected chi connectivity index (χ3v) is 4.20. The molecule has 0 radical (unpaired) electrons. The molecule has 0 aliphatic carbocycles. The van der Waals surface area contributed by atoms with E-state index in [9.17, 15) is 9.59 Å². The second kappa shape index (κ2) is 9.97. The second-order valence-corrected chi connectivity index (χ2v) is 6.20. The van der Waals surface area contributed by atoms with Gasteiger partial charge < -0.3 is 15.0 Å². The van der Waals surface area contributed by atoms with Crippen LogP contribution in [0.25, 0.3) is 0 Å². The van der Waals surface area contributed by atoms with Crippen LogP contribution in [0.15, 0.2) is 60.7 Å². The number of hydrogen-bond donors (Lipinski definition) is 1. The van der Waals surface area contributed by atoms with Crippen molar-refractivity contribution in [3.8, 4) is 6.07 Å². The summed E-state index contributed by atoms with van der Waals surface area (Å²) in [5.74, 6) is -0.343. The van der Waals surface area contributed by atoms with Gasteiger partial charge in [-0.15, -0.1) is 0 Å². The second-order valence-electron chi connectivity index (χ2n) is 6.20. The zero-order valence-electron chi connectivity index (χ0n) is 15.5. The fourth-order valence-corrected chi connectivity index (χ4v) is 2.48. The van der Waals surface area contributed by atoms with E-state index in [0.717, 1.165) is 11.1 Å². The molecule has 0 saturated carbocycles. The summed E-state index contributed by atoms with van der Waals surface area (Å²) in [5.41, 5.74) is 1.76. The van der Waals surface area contributed by atoms with Gasteiger partial charge in [0.25, 0.3) is 0 Å². The smallest absolute Gasteiger partial charge is 0.408 e. The topological polar surface area (TPSA) is 82.4 Å². The van der Waals surface area contributed by atoms with Crippen LogP contribution >= 0.6 is 0 Å². The highest BCUT2D eigenvalue weighted by atomic mass is 16.5. The maximum absolute atomic E-state index is 12.8. The Balaban J connectivity index is 2.05. The molecule has 6 heteroatoms. The molecule has 6 nitrogen and oxygen atoms in total. The molecule has 0 heterocycles. The van der Waals surface area contributed by atoms with Gasteiger partial charge in [0.1, 0.15) is 18.7 Å². The normalized spacial score (nSPS) is 12.3. The highest BCUT2D eigenvalue weighted by Gasteiger charge is 2.27. The van der Waals surface area contributed by atoms with E-state index < -0.39 is 18.2 Å². The number of hydrogen-bond acceptors (Lipinski definition) is 4. The van der Waals surface area contributed by atoms with Crippen LogP contribution in [0.5, 0.6) is 0 Å². The fraction of sp³-hybridized carbons (Fsp3) is 0.286. The van der Waals surface area contributed by atoms with Gasteiger partial charge in [0.15, 0.2) is 0 Å². The van der Waals surface area contributed by atoms with Crippen LogP contribution in [0, 0.1) is 11.3 Å². The van der Waals surface area contributed by atoms with Gasteiger partial charge in [-0.2, -0.15) is 5.26 Å².